The molecule has 1 nitrogen and oxygen atoms in total. The van der Waals surface area contributed by atoms with Crippen molar-refractivity contribution in [3.8, 4) is 0 Å². The molecule has 1 aromatic rings. The van der Waals surface area contributed by atoms with Gasteiger partial charge in [0.1, 0.15) is 0 Å². The number of hydrogen-bond acceptors (Lipinski definition) is 3. The zero-order chi connectivity index (χ0) is 12.1. The monoisotopic (exact) mass is 262 g/mol. The first-order valence-corrected chi connectivity index (χ1v) is 7.48. The van der Waals surface area contributed by atoms with Gasteiger partial charge in [0, 0.05) is 21.8 Å². The van der Waals surface area contributed by atoms with Crippen LogP contribution in [0.5, 0.6) is 0 Å². The maximum atomic E-state index is 11.8. The molecule has 17 heavy (non-hydrogen) atoms. The van der Waals surface area contributed by atoms with E-state index in [0.29, 0.717) is 0 Å². The van der Waals surface area contributed by atoms with Crippen LogP contribution in [-0.4, -0.2) is 17.3 Å². The summed E-state index contributed by atoms with van der Waals surface area (Å²) in [5, 5.41) is 0. The van der Waals surface area contributed by atoms with E-state index in [0.717, 1.165) is 26.9 Å². The van der Waals surface area contributed by atoms with E-state index in [1.165, 1.54) is 0 Å². The van der Waals surface area contributed by atoms with Gasteiger partial charge in [0.25, 0.3) is 0 Å². The summed E-state index contributed by atoms with van der Waals surface area (Å²) in [5.41, 5.74) is 2.12. The molecule has 0 N–H and O–H groups in total. The number of carbonyl (C=O) groups excluding carboxylic acids is 1. The van der Waals surface area contributed by atoms with Crippen LogP contribution in [-0.2, 0) is 4.79 Å². The Hall–Kier alpha value is -0.930. The molecular weight excluding hydrogens is 248 g/mol. The summed E-state index contributed by atoms with van der Waals surface area (Å²) in [6, 6.07) is 9.99. The molecule has 1 aliphatic heterocycles. The predicted octanol–water partition coefficient (Wildman–Crippen LogP) is 3.98. The van der Waals surface area contributed by atoms with Crippen molar-refractivity contribution < 1.29 is 4.79 Å². The molecule has 88 valence electrons. The molecule has 0 spiro atoms. The Morgan fingerprint density at radius 2 is 1.82 bits per heavy atom. The summed E-state index contributed by atoms with van der Waals surface area (Å²) >= 11 is 3.54. The van der Waals surface area contributed by atoms with Gasteiger partial charge in [0.05, 0.1) is 0 Å². The lowest BCUT2D eigenvalue weighted by Crippen LogP contribution is -1.89. The van der Waals surface area contributed by atoms with Crippen molar-refractivity contribution in [2.24, 2.45) is 0 Å². The van der Waals surface area contributed by atoms with Crippen LogP contribution in [0.4, 0.5) is 0 Å². The number of benzene rings is 1. The van der Waals surface area contributed by atoms with Crippen molar-refractivity contribution in [1.82, 2.24) is 0 Å². The predicted molar refractivity (Wildman–Crippen MR) is 78.1 cm³/mol. The standard InChI is InChI=1S/C14H14OS2/c1-11(12-5-3-2-4-6-12)9-13(15)10-14-16-7-8-17-14/h2-6,9-10H,7-8H2,1H3/b11-9+. The molecule has 1 aromatic carbocycles. The highest BCUT2D eigenvalue weighted by Crippen LogP contribution is 2.35. The van der Waals surface area contributed by atoms with Crippen molar-refractivity contribution in [1.29, 1.82) is 0 Å². The van der Waals surface area contributed by atoms with Crippen LogP contribution < -0.4 is 0 Å². The highest BCUT2D eigenvalue weighted by molar-refractivity contribution is 8.25. The minimum atomic E-state index is 0.0863. The maximum absolute atomic E-state index is 11.8. The van der Waals surface area contributed by atoms with Crippen LogP contribution in [0.2, 0.25) is 0 Å². The van der Waals surface area contributed by atoms with Crippen LogP contribution in [0.15, 0.2) is 46.7 Å². The highest BCUT2D eigenvalue weighted by atomic mass is 32.2. The first-order chi connectivity index (χ1) is 8.25. The summed E-state index contributed by atoms with van der Waals surface area (Å²) in [6.07, 6.45) is 3.45. The Kier molecular flexibility index (Phi) is 4.51. The van der Waals surface area contributed by atoms with Crippen molar-refractivity contribution in [3.63, 3.8) is 0 Å². The third kappa shape index (κ3) is 3.79. The number of carbonyl (C=O) groups is 1. The van der Waals surface area contributed by atoms with Gasteiger partial charge in [-0.15, -0.1) is 23.5 Å². The van der Waals surface area contributed by atoms with Crippen LogP contribution in [0, 0.1) is 0 Å². The number of allylic oxidation sites excluding steroid dienone is 3. The van der Waals surface area contributed by atoms with Gasteiger partial charge in [0.2, 0.25) is 0 Å². The lowest BCUT2D eigenvalue weighted by molar-refractivity contribution is -0.110. The number of thioether (sulfide) groups is 2. The van der Waals surface area contributed by atoms with Crippen LogP contribution in [0.3, 0.4) is 0 Å². The lowest BCUT2D eigenvalue weighted by Gasteiger charge is -1.99. The van der Waals surface area contributed by atoms with Gasteiger partial charge in [-0.3, -0.25) is 4.79 Å². The fraction of sp³-hybridized carbons (Fsp3) is 0.214. The fourth-order valence-electron chi connectivity index (χ4n) is 1.57. The van der Waals surface area contributed by atoms with Crippen molar-refractivity contribution >= 4 is 34.9 Å². The summed E-state index contributed by atoms with van der Waals surface area (Å²) < 4.78 is 1.15. The molecule has 0 amide bonds. The summed E-state index contributed by atoms with van der Waals surface area (Å²) in [7, 11) is 0. The van der Waals surface area contributed by atoms with Crippen LogP contribution >= 0.6 is 23.5 Å². The van der Waals surface area contributed by atoms with E-state index < -0.39 is 0 Å². The van der Waals surface area contributed by atoms with E-state index in [-0.39, 0.29) is 5.78 Å². The first kappa shape index (κ1) is 12.5. The Labute approximate surface area is 110 Å². The molecule has 0 atom stereocenters. The van der Waals surface area contributed by atoms with Crippen molar-refractivity contribution in [2.45, 2.75) is 6.92 Å². The van der Waals surface area contributed by atoms with Gasteiger partial charge in [0.15, 0.2) is 5.78 Å². The molecule has 1 aliphatic rings. The lowest BCUT2D eigenvalue weighted by atomic mass is 10.1. The van der Waals surface area contributed by atoms with Crippen molar-refractivity contribution in [2.75, 3.05) is 11.5 Å². The largest absolute Gasteiger partial charge is 0.290 e. The number of rotatable bonds is 3. The molecule has 1 saturated heterocycles. The molecular formula is C14H14OS2. The van der Waals surface area contributed by atoms with Gasteiger partial charge < -0.3 is 0 Å². The summed E-state index contributed by atoms with van der Waals surface area (Å²) in [5.74, 6) is 2.32. The minimum absolute atomic E-state index is 0.0863. The maximum Gasteiger partial charge on any atom is 0.180 e. The van der Waals surface area contributed by atoms with Gasteiger partial charge in [-0.05, 0) is 24.1 Å². The SMILES string of the molecule is C/C(=C\C(=O)C=C1SCCS1)c1ccccc1. The molecule has 0 unspecified atom stereocenters. The second-order valence-electron chi connectivity index (χ2n) is 3.76. The molecule has 3 heteroatoms. The Morgan fingerprint density at radius 3 is 2.47 bits per heavy atom. The average molecular weight is 262 g/mol. The Bertz CT molecular complexity index is 452. The molecule has 0 aromatic heterocycles. The van der Waals surface area contributed by atoms with Crippen LogP contribution in [0.25, 0.3) is 5.57 Å². The molecule has 1 heterocycles. The third-order valence-corrected chi connectivity index (χ3v) is 5.01. The number of hydrogen-bond donors (Lipinski definition) is 0. The van der Waals surface area contributed by atoms with E-state index >= 15 is 0 Å². The zero-order valence-corrected chi connectivity index (χ0v) is 11.3. The van der Waals surface area contributed by atoms with E-state index in [9.17, 15) is 4.79 Å². The van der Waals surface area contributed by atoms with Gasteiger partial charge in [-0.1, -0.05) is 30.3 Å². The quantitative estimate of drug-likeness (QED) is 0.767. The average Bonchev–Trinajstić information content (AvgIpc) is 2.82. The fourth-order valence-corrected chi connectivity index (χ4v) is 3.87. The Balaban J connectivity index is 2.09. The first-order valence-electron chi connectivity index (χ1n) is 5.51. The van der Waals surface area contributed by atoms with E-state index in [1.807, 2.05) is 37.3 Å². The summed E-state index contributed by atoms with van der Waals surface area (Å²) in [4.78, 5) is 11.8. The smallest absolute Gasteiger partial charge is 0.180 e. The van der Waals surface area contributed by atoms with E-state index in [1.54, 1.807) is 35.7 Å². The van der Waals surface area contributed by atoms with Gasteiger partial charge >= 0.3 is 0 Å². The molecule has 0 radical (unpaired) electrons. The molecule has 1 fully saturated rings. The third-order valence-electron chi connectivity index (χ3n) is 2.42. The van der Waals surface area contributed by atoms with Crippen LogP contribution in [0.1, 0.15) is 12.5 Å². The van der Waals surface area contributed by atoms with Gasteiger partial charge in [-0.2, -0.15) is 0 Å². The van der Waals surface area contributed by atoms with Gasteiger partial charge in [-0.25, -0.2) is 0 Å². The molecule has 0 aliphatic carbocycles. The zero-order valence-electron chi connectivity index (χ0n) is 9.68. The highest BCUT2D eigenvalue weighted by Gasteiger charge is 2.09. The second kappa shape index (κ2) is 6.12. The topological polar surface area (TPSA) is 17.1 Å². The normalized spacial score (nSPS) is 16.1. The second-order valence-corrected chi connectivity index (χ2v) is 6.29. The van der Waals surface area contributed by atoms with E-state index in [4.69, 9.17) is 0 Å². The molecule has 0 bridgehead atoms. The van der Waals surface area contributed by atoms with E-state index in [2.05, 4.69) is 0 Å². The molecule has 0 saturated carbocycles. The van der Waals surface area contributed by atoms with Crippen molar-refractivity contribution in [3.05, 3.63) is 52.3 Å². The number of ketones is 1. The minimum Gasteiger partial charge on any atom is -0.290 e. The molecule has 2 rings (SSSR count). The summed E-state index contributed by atoms with van der Waals surface area (Å²) in [6.45, 7) is 1.97. The Morgan fingerprint density at radius 1 is 1.18 bits per heavy atom.